The topological polar surface area (TPSA) is 70.6 Å². The van der Waals surface area contributed by atoms with Gasteiger partial charge in [-0.3, -0.25) is 9.69 Å². The molecule has 0 unspecified atom stereocenters. The third-order valence-corrected chi connectivity index (χ3v) is 8.32. The number of carbonyl (C=O) groups excluding carboxylic acids is 1. The smallest absolute Gasteiger partial charge is 0.244 e. The number of fused-ring (bicyclic) bond motifs is 1. The van der Waals surface area contributed by atoms with Gasteiger partial charge in [0.15, 0.2) is 15.0 Å². The lowest BCUT2D eigenvalue weighted by Crippen LogP contribution is -2.41. The van der Waals surface area contributed by atoms with E-state index in [9.17, 15) is 13.2 Å². The lowest BCUT2D eigenvalue weighted by molar-refractivity contribution is -0.116. The van der Waals surface area contributed by atoms with Gasteiger partial charge in [-0.05, 0) is 43.8 Å². The maximum atomic E-state index is 13.2. The summed E-state index contributed by atoms with van der Waals surface area (Å²) in [6.07, 6.45) is 0. The fraction of sp³-hybridized carbons (Fsp3) is 0.364. The maximum absolute atomic E-state index is 13.2. The van der Waals surface area contributed by atoms with Crippen LogP contribution in [0.5, 0.6) is 0 Å². The van der Waals surface area contributed by atoms with Gasteiger partial charge >= 0.3 is 0 Å². The Morgan fingerprint density at radius 2 is 1.72 bits per heavy atom. The van der Waals surface area contributed by atoms with E-state index in [0.717, 1.165) is 28.9 Å². The number of hydrogen-bond acceptors (Lipinski definition) is 6. The monoisotopic (exact) mass is 515 g/mol. The summed E-state index contributed by atoms with van der Waals surface area (Å²) < 4.78 is 26.4. The Morgan fingerprint density at radius 3 is 2.31 bits per heavy atom. The van der Waals surface area contributed by atoms with Gasteiger partial charge in [0.05, 0.1) is 20.1 Å². The molecule has 0 aliphatic rings. The molecular weight excluding hydrogens is 489 g/mol. The highest BCUT2D eigenvalue weighted by Gasteiger charge is 2.27. The fourth-order valence-corrected chi connectivity index (χ4v) is 5.85. The quantitative estimate of drug-likeness (QED) is 0.408. The van der Waals surface area contributed by atoms with E-state index >= 15 is 0 Å². The van der Waals surface area contributed by atoms with Crippen LogP contribution < -0.4 is 4.90 Å². The molecule has 0 aliphatic heterocycles. The van der Waals surface area contributed by atoms with E-state index in [1.807, 2.05) is 19.1 Å². The lowest BCUT2D eigenvalue weighted by atomic mass is 10.2. The first-order valence-corrected chi connectivity index (χ1v) is 13.0. The summed E-state index contributed by atoms with van der Waals surface area (Å²) in [4.78, 5) is 21.7. The van der Waals surface area contributed by atoms with E-state index in [-0.39, 0.29) is 17.3 Å². The Morgan fingerprint density at radius 1 is 1.06 bits per heavy atom. The average Bonchev–Trinajstić information content (AvgIpc) is 3.20. The van der Waals surface area contributed by atoms with Crippen molar-refractivity contribution in [3.05, 3.63) is 53.1 Å². The highest BCUT2D eigenvalue weighted by atomic mass is 35.5. The second-order valence-corrected chi connectivity index (χ2v) is 10.6. The standard InChI is InChI=1S/C22H26ClN3O3S2.ClH/c1-4-25(5-2)13-14-26(19(27)15-31(28,29)17-9-7-6-8-10-17)22-24-20-16(3)11-12-18(23)21(20)30-22;/h6-12H,4-5,13-15H2,1-3H3;1H. The van der Waals surface area contributed by atoms with Gasteiger partial charge < -0.3 is 4.90 Å². The van der Waals surface area contributed by atoms with Gasteiger partial charge in [-0.25, -0.2) is 13.4 Å². The Kier molecular flexibility index (Phi) is 9.48. The summed E-state index contributed by atoms with van der Waals surface area (Å²) in [5.41, 5.74) is 1.69. The van der Waals surface area contributed by atoms with Crippen molar-refractivity contribution in [3.63, 3.8) is 0 Å². The Labute approximate surface area is 204 Å². The maximum Gasteiger partial charge on any atom is 0.244 e. The molecule has 174 valence electrons. The minimum Gasteiger partial charge on any atom is -0.302 e. The molecule has 0 bridgehead atoms. The number of benzene rings is 2. The van der Waals surface area contributed by atoms with Crippen molar-refractivity contribution in [2.75, 3.05) is 36.8 Å². The minimum atomic E-state index is -3.76. The number of aromatic nitrogens is 1. The number of hydrogen-bond donors (Lipinski definition) is 0. The van der Waals surface area contributed by atoms with E-state index < -0.39 is 21.5 Å². The highest BCUT2D eigenvalue weighted by Crippen LogP contribution is 2.35. The molecule has 1 heterocycles. The molecule has 0 saturated heterocycles. The summed E-state index contributed by atoms with van der Waals surface area (Å²) in [6, 6.07) is 11.7. The highest BCUT2D eigenvalue weighted by molar-refractivity contribution is 7.92. The van der Waals surface area contributed by atoms with E-state index in [0.29, 0.717) is 23.2 Å². The van der Waals surface area contributed by atoms with Crippen molar-refractivity contribution in [2.45, 2.75) is 25.7 Å². The average molecular weight is 517 g/mol. The van der Waals surface area contributed by atoms with Crippen LogP contribution in [0, 0.1) is 6.92 Å². The summed E-state index contributed by atoms with van der Waals surface area (Å²) in [6.45, 7) is 8.68. The summed E-state index contributed by atoms with van der Waals surface area (Å²) in [7, 11) is -3.76. The first-order chi connectivity index (χ1) is 14.8. The Balaban J connectivity index is 0.00000363. The van der Waals surface area contributed by atoms with Crippen LogP contribution in [0.1, 0.15) is 19.4 Å². The number of amides is 1. The zero-order valence-corrected chi connectivity index (χ0v) is 21.5. The van der Waals surface area contributed by atoms with Crippen molar-refractivity contribution in [1.29, 1.82) is 0 Å². The molecule has 10 heteroatoms. The normalized spacial score (nSPS) is 11.5. The number of nitrogens with zero attached hydrogens (tertiary/aromatic N) is 3. The second kappa shape index (κ2) is 11.4. The predicted octanol–water partition coefficient (Wildman–Crippen LogP) is 4.83. The molecule has 3 aromatic rings. The van der Waals surface area contributed by atoms with Crippen molar-refractivity contribution >= 4 is 66.4 Å². The molecule has 1 amide bonds. The van der Waals surface area contributed by atoms with Gasteiger partial charge in [0.2, 0.25) is 5.91 Å². The molecule has 6 nitrogen and oxygen atoms in total. The number of sulfone groups is 1. The zero-order chi connectivity index (χ0) is 22.6. The molecule has 0 fully saturated rings. The summed E-state index contributed by atoms with van der Waals surface area (Å²) >= 11 is 7.66. The SMILES string of the molecule is CCN(CC)CCN(C(=O)CS(=O)(=O)c1ccccc1)c1nc2c(C)ccc(Cl)c2s1.Cl. The molecule has 0 radical (unpaired) electrons. The predicted molar refractivity (Wildman–Crippen MR) is 135 cm³/mol. The van der Waals surface area contributed by atoms with Crippen LogP contribution in [0.15, 0.2) is 47.4 Å². The molecule has 3 rings (SSSR count). The molecule has 0 atom stereocenters. The number of rotatable bonds is 9. The fourth-order valence-electron chi connectivity index (χ4n) is 3.27. The van der Waals surface area contributed by atoms with Gasteiger partial charge in [-0.1, -0.05) is 61.1 Å². The molecule has 0 aliphatic carbocycles. The van der Waals surface area contributed by atoms with Crippen LogP contribution in [-0.2, 0) is 14.6 Å². The third kappa shape index (κ3) is 5.99. The van der Waals surface area contributed by atoms with Crippen molar-refractivity contribution in [2.24, 2.45) is 0 Å². The minimum absolute atomic E-state index is 0. The third-order valence-electron chi connectivity index (χ3n) is 5.17. The number of halogens is 2. The van der Waals surface area contributed by atoms with Crippen molar-refractivity contribution < 1.29 is 13.2 Å². The van der Waals surface area contributed by atoms with E-state index in [2.05, 4.69) is 23.7 Å². The number of carbonyl (C=O) groups is 1. The lowest BCUT2D eigenvalue weighted by Gasteiger charge is -2.24. The summed E-state index contributed by atoms with van der Waals surface area (Å²) in [5.74, 6) is -1.11. The van der Waals surface area contributed by atoms with Crippen molar-refractivity contribution in [3.8, 4) is 0 Å². The molecule has 2 aromatic carbocycles. The molecular formula is C22H27Cl2N3O3S2. The van der Waals surface area contributed by atoms with Gasteiger partial charge in [0.25, 0.3) is 0 Å². The van der Waals surface area contributed by atoms with E-state index in [1.54, 1.807) is 18.2 Å². The van der Waals surface area contributed by atoms with E-state index in [4.69, 9.17) is 11.6 Å². The van der Waals surface area contributed by atoms with Crippen LogP contribution in [-0.4, -0.2) is 56.1 Å². The Bertz CT molecular complexity index is 1120. The number of aryl methyl sites for hydroxylation is 1. The molecule has 0 N–H and O–H groups in total. The van der Waals surface area contributed by atoms with Crippen molar-refractivity contribution in [1.82, 2.24) is 9.88 Å². The molecule has 32 heavy (non-hydrogen) atoms. The van der Waals surface area contributed by atoms with Gasteiger partial charge in [0.1, 0.15) is 5.75 Å². The van der Waals surface area contributed by atoms with Gasteiger partial charge in [-0.15, -0.1) is 12.4 Å². The Hall–Kier alpha value is -1.71. The van der Waals surface area contributed by atoms with Crippen LogP contribution in [0.4, 0.5) is 5.13 Å². The largest absolute Gasteiger partial charge is 0.302 e. The molecule has 1 aromatic heterocycles. The number of likely N-dealkylation sites (N-methyl/N-ethyl adjacent to an activating group) is 1. The molecule has 0 spiro atoms. The van der Waals surface area contributed by atoms with Crippen LogP contribution in [0.25, 0.3) is 10.2 Å². The summed E-state index contributed by atoms with van der Waals surface area (Å²) in [5, 5.41) is 1.03. The van der Waals surface area contributed by atoms with Crippen LogP contribution in [0.2, 0.25) is 5.02 Å². The number of anilines is 1. The first kappa shape index (κ1) is 26.5. The van der Waals surface area contributed by atoms with Gasteiger partial charge in [-0.2, -0.15) is 0 Å². The number of thiazole rings is 1. The molecule has 0 saturated carbocycles. The second-order valence-electron chi connectivity index (χ2n) is 7.18. The van der Waals surface area contributed by atoms with Crippen LogP contribution in [0.3, 0.4) is 0 Å². The van der Waals surface area contributed by atoms with E-state index in [1.165, 1.54) is 28.4 Å². The van der Waals surface area contributed by atoms with Gasteiger partial charge in [0, 0.05) is 13.1 Å². The zero-order valence-electron chi connectivity index (χ0n) is 18.2. The first-order valence-electron chi connectivity index (χ1n) is 10.1. The van der Waals surface area contributed by atoms with Crippen LogP contribution >= 0.6 is 35.3 Å².